The van der Waals surface area contributed by atoms with Crippen LogP contribution in [0.4, 0.5) is 0 Å². The number of nitrogens with zero attached hydrogens (tertiary/aromatic N) is 2. The summed E-state index contributed by atoms with van der Waals surface area (Å²) >= 11 is 1.51. The molecular formula is C15H18N2O3S2. The van der Waals surface area contributed by atoms with Gasteiger partial charge >= 0.3 is 0 Å². The van der Waals surface area contributed by atoms with E-state index in [1.54, 1.807) is 4.90 Å². The van der Waals surface area contributed by atoms with Crippen molar-refractivity contribution in [1.29, 1.82) is 0 Å². The van der Waals surface area contributed by atoms with E-state index in [2.05, 4.69) is 16.7 Å². The van der Waals surface area contributed by atoms with E-state index >= 15 is 0 Å². The number of hydrogen-bond acceptors (Lipinski definition) is 4. The monoisotopic (exact) mass is 338 g/mol. The Labute approximate surface area is 134 Å². The van der Waals surface area contributed by atoms with Gasteiger partial charge in [-0.1, -0.05) is 18.2 Å². The number of aromatic nitrogens is 1. The van der Waals surface area contributed by atoms with E-state index < -0.39 is 9.84 Å². The Bertz CT molecular complexity index is 797. The number of thioether (sulfide) groups is 1. The van der Waals surface area contributed by atoms with Gasteiger partial charge in [0.05, 0.1) is 17.3 Å². The predicted molar refractivity (Wildman–Crippen MR) is 88.9 cm³/mol. The molecule has 0 bridgehead atoms. The molecule has 22 heavy (non-hydrogen) atoms. The van der Waals surface area contributed by atoms with Crippen molar-refractivity contribution in [2.45, 2.75) is 4.90 Å². The zero-order chi connectivity index (χ0) is 15.7. The van der Waals surface area contributed by atoms with Crippen LogP contribution in [-0.2, 0) is 21.7 Å². The number of para-hydroxylation sites is 1. The molecule has 1 amide bonds. The summed E-state index contributed by atoms with van der Waals surface area (Å²) in [7, 11) is -0.956. The van der Waals surface area contributed by atoms with E-state index in [1.165, 1.54) is 11.8 Å². The van der Waals surface area contributed by atoms with E-state index in [0.717, 1.165) is 15.8 Å². The van der Waals surface area contributed by atoms with Gasteiger partial charge in [0.15, 0.2) is 9.84 Å². The lowest BCUT2D eigenvalue weighted by atomic mass is 10.2. The molecule has 1 aromatic carbocycles. The van der Waals surface area contributed by atoms with Gasteiger partial charge in [-0.15, -0.1) is 11.8 Å². The number of sulfone groups is 1. The molecule has 0 spiro atoms. The Morgan fingerprint density at radius 1 is 1.23 bits per heavy atom. The van der Waals surface area contributed by atoms with Gasteiger partial charge in [0, 0.05) is 42.1 Å². The van der Waals surface area contributed by atoms with Crippen molar-refractivity contribution < 1.29 is 13.2 Å². The number of hydrogen-bond donors (Lipinski definition) is 0. The topological polar surface area (TPSA) is 59.4 Å². The molecule has 0 radical (unpaired) electrons. The highest BCUT2D eigenvalue weighted by molar-refractivity contribution is 8.00. The third-order valence-corrected chi connectivity index (χ3v) is 6.55. The summed E-state index contributed by atoms with van der Waals surface area (Å²) in [6.45, 7) is 0.633. The number of rotatable bonds is 3. The van der Waals surface area contributed by atoms with Crippen molar-refractivity contribution in [2.24, 2.45) is 7.05 Å². The molecule has 0 atom stereocenters. The van der Waals surface area contributed by atoms with Crippen molar-refractivity contribution in [3.63, 3.8) is 0 Å². The molecule has 1 saturated heterocycles. The molecule has 1 aliphatic rings. The largest absolute Gasteiger partial charge is 0.349 e. The molecule has 0 N–H and O–H groups in total. The minimum atomic E-state index is -2.95. The molecule has 0 saturated carbocycles. The predicted octanol–water partition coefficient (Wildman–Crippen LogP) is 1.53. The average Bonchev–Trinajstić information content (AvgIpc) is 2.82. The Morgan fingerprint density at radius 2 is 1.91 bits per heavy atom. The summed E-state index contributed by atoms with van der Waals surface area (Å²) in [5, 5.41) is 1.14. The summed E-state index contributed by atoms with van der Waals surface area (Å²) in [6, 6.07) is 8.09. The first-order valence-corrected chi connectivity index (χ1v) is 9.92. The molecule has 2 aromatic rings. The first-order chi connectivity index (χ1) is 10.5. The lowest BCUT2D eigenvalue weighted by molar-refractivity contribution is -0.128. The molecule has 5 nitrogen and oxygen atoms in total. The Hall–Kier alpha value is -1.47. The lowest BCUT2D eigenvalue weighted by Crippen LogP contribution is -2.44. The van der Waals surface area contributed by atoms with Crippen LogP contribution in [0.1, 0.15) is 0 Å². The minimum Gasteiger partial charge on any atom is -0.349 e. The lowest BCUT2D eigenvalue weighted by Gasteiger charge is -2.26. The SMILES string of the molecule is Cn1cc(SCC(=O)N2CCS(=O)(=O)CC2)c2ccccc21. The Morgan fingerprint density at radius 3 is 2.64 bits per heavy atom. The fraction of sp³-hybridized carbons (Fsp3) is 0.400. The van der Waals surface area contributed by atoms with Crippen LogP contribution in [-0.4, -0.2) is 54.1 Å². The standard InChI is InChI=1S/C15H18N2O3S2/c1-16-10-14(12-4-2-3-5-13(12)16)21-11-15(18)17-6-8-22(19,20)9-7-17/h2-5,10H,6-9,11H2,1H3. The van der Waals surface area contributed by atoms with Crippen molar-refractivity contribution in [3.8, 4) is 0 Å². The van der Waals surface area contributed by atoms with Crippen LogP contribution in [0.3, 0.4) is 0 Å². The van der Waals surface area contributed by atoms with Crippen LogP contribution in [0.15, 0.2) is 35.4 Å². The molecule has 118 valence electrons. The first kappa shape index (κ1) is 15.4. The third kappa shape index (κ3) is 3.15. The van der Waals surface area contributed by atoms with E-state index in [9.17, 15) is 13.2 Å². The second-order valence-corrected chi connectivity index (χ2v) is 8.76. The number of carbonyl (C=O) groups excluding carboxylic acids is 1. The number of aryl methyl sites for hydroxylation is 1. The summed E-state index contributed by atoms with van der Waals surface area (Å²) in [4.78, 5) is 15.0. The van der Waals surface area contributed by atoms with Crippen LogP contribution in [0, 0.1) is 0 Å². The van der Waals surface area contributed by atoms with Gasteiger partial charge in [0.1, 0.15) is 0 Å². The molecule has 1 fully saturated rings. The smallest absolute Gasteiger partial charge is 0.232 e. The van der Waals surface area contributed by atoms with E-state index in [4.69, 9.17) is 0 Å². The fourth-order valence-electron chi connectivity index (χ4n) is 2.61. The minimum absolute atomic E-state index is 0.00725. The molecule has 7 heteroatoms. The zero-order valence-electron chi connectivity index (χ0n) is 12.4. The van der Waals surface area contributed by atoms with Crippen molar-refractivity contribution in [1.82, 2.24) is 9.47 Å². The number of amides is 1. The molecule has 0 aliphatic carbocycles. The number of benzene rings is 1. The van der Waals surface area contributed by atoms with Gasteiger partial charge in [0.25, 0.3) is 0 Å². The van der Waals surface area contributed by atoms with Gasteiger partial charge in [-0.25, -0.2) is 8.42 Å². The number of fused-ring (bicyclic) bond motifs is 1. The molecule has 0 unspecified atom stereocenters. The number of carbonyl (C=O) groups is 1. The highest BCUT2D eigenvalue weighted by atomic mass is 32.2. The zero-order valence-corrected chi connectivity index (χ0v) is 14.0. The molecule has 2 heterocycles. The molecule has 1 aromatic heterocycles. The second kappa shape index (κ2) is 5.96. The second-order valence-electron chi connectivity index (χ2n) is 5.44. The average molecular weight is 338 g/mol. The van der Waals surface area contributed by atoms with Gasteiger partial charge in [-0.05, 0) is 6.07 Å². The third-order valence-electron chi connectivity index (χ3n) is 3.91. The molecule has 3 rings (SSSR count). The maximum atomic E-state index is 12.2. The summed E-state index contributed by atoms with van der Waals surface area (Å²) in [6.07, 6.45) is 2.03. The van der Waals surface area contributed by atoms with Crippen LogP contribution < -0.4 is 0 Å². The maximum absolute atomic E-state index is 12.2. The van der Waals surface area contributed by atoms with Crippen molar-refractivity contribution in [3.05, 3.63) is 30.5 Å². The van der Waals surface area contributed by atoms with E-state index in [-0.39, 0.29) is 17.4 Å². The Kier molecular flexibility index (Phi) is 4.18. The van der Waals surface area contributed by atoms with Crippen LogP contribution >= 0.6 is 11.8 Å². The van der Waals surface area contributed by atoms with E-state index in [0.29, 0.717) is 18.8 Å². The van der Waals surface area contributed by atoms with Gasteiger partial charge in [-0.3, -0.25) is 4.79 Å². The van der Waals surface area contributed by atoms with Crippen LogP contribution in [0.2, 0.25) is 0 Å². The van der Waals surface area contributed by atoms with Gasteiger partial charge in [-0.2, -0.15) is 0 Å². The fourth-order valence-corrected chi connectivity index (χ4v) is 4.84. The summed E-state index contributed by atoms with van der Waals surface area (Å²) in [5.74, 6) is 0.511. The van der Waals surface area contributed by atoms with Gasteiger partial charge in [0.2, 0.25) is 5.91 Å². The molecular weight excluding hydrogens is 320 g/mol. The summed E-state index contributed by atoms with van der Waals surface area (Å²) < 4.78 is 24.9. The van der Waals surface area contributed by atoms with Crippen LogP contribution in [0.5, 0.6) is 0 Å². The maximum Gasteiger partial charge on any atom is 0.232 e. The Balaban J connectivity index is 1.66. The normalized spacial score (nSPS) is 17.8. The molecule has 1 aliphatic heterocycles. The summed E-state index contributed by atoms with van der Waals surface area (Å²) in [5.41, 5.74) is 1.14. The highest BCUT2D eigenvalue weighted by Crippen LogP contribution is 2.29. The first-order valence-electron chi connectivity index (χ1n) is 7.11. The van der Waals surface area contributed by atoms with Crippen LogP contribution in [0.25, 0.3) is 10.9 Å². The van der Waals surface area contributed by atoms with Gasteiger partial charge < -0.3 is 9.47 Å². The van der Waals surface area contributed by atoms with Crippen molar-refractivity contribution >= 4 is 38.4 Å². The quantitative estimate of drug-likeness (QED) is 0.797. The van der Waals surface area contributed by atoms with Crippen molar-refractivity contribution in [2.75, 3.05) is 30.3 Å². The highest BCUT2D eigenvalue weighted by Gasteiger charge is 2.25. The van der Waals surface area contributed by atoms with E-state index in [1.807, 2.05) is 25.4 Å².